The van der Waals surface area contributed by atoms with E-state index < -0.39 is 0 Å². The topological polar surface area (TPSA) is 55.3 Å². The fourth-order valence-electron chi connectivity index (χ4n) is 2.08. The number of hydrogen-bond donors (Lipinski definition) is 0. The van der Waals surface area contributed by atoms with Crippen LogP contribution in [0.1, 0.15) is 0 Å². The third kappa shape index (κ3) is 2.50. The Labute approximate surface area is 121 Å². The van der Waals surface area contributed by atoms with E-state index in [-0.39, 0.29) is 12.5 Å². The van der Waals surface area contributed by atoms with Gasteiger partial charge in [-0.15, -0.1) is 0 Å². The molecule has 2 aromatic rings. The van der Waals surface area contributed by atoms with E-state index in [1.807, 2.05) is 12.1 Å². The highest BCUT2D eigenvalue weighted by Crippen LogP contribution is 2.29. The largest absolute Gasteiger partial charge is 0.370 e. The Morgan fingerprint density at radius 2 is 2.25 bits per heavy atom. The summed E-state index contributed by atoms with van der Waals surface area (Å²) in [5, 5.41) is 0.495. The van der Waals surface area contributed by atoms with Gasteiger partial charge in [-0.1, -0.05) is 11.6 Å². The first-order chi connectivity index (χ1) is 9.75. The van der Waals surface area contributed by atoms with Crippen molar-refractivity contribution in [2.75, 3.05) is 24.7 Å². The molecule has 1 saturated heterocycles. The minimum absolute atomic E-state index is 0.0803. The molecule has 6 heteroatoms. The maximum Gasteiger partial charge on any atom is 0.253 e. The van der Waals surface area contributed by atoms with Crippen molar-refractivity contribution in [3.63, 3.8) is 0 Å². The predicted octanol–water partition coefficient (Wildman–Crippen LogP) is 2.16. The third-order valence-corrected chi connectivity index (χ3v) is 3.35. The first kappa shape index (κ1) is 13.0. The Morgan fingerprint density at radius 1 is 1.35 bits per heavy atom. The summed E-state index contributed by atoms with van der Waals surface area (Å²) in [7, 11) is 0. The minimum Gasteiger partial charge on any atom is -0.370 e. The van der Waals surface area contributed by atoms with Crippen LogP contribution in [0.2, 0.25) is 5.02 Å². The Bertz CT molecular complexity index is 634. The van der Waals surface area contributed by atoms with Gasteiger partial charge in [-0.05, 0) is 18.2 Å². The molecule has 1 amide bonds. The average Bonchev–Trinajstić information content (AvgIpc) is 2.48. The van der Waals surface area contributed by atoms with Crippen LogP contribution in [-0.2, 0) is 9.53 Å². The highest BCUT2D eigenvalue weighted by atomic mass is 35.5. The second-order valence-electron chi connectivity index (χ2n) is 4.36. The summed E-state index contributed by atoms with van der Waals surface area (Å²) in [6, 6.07) is 5.47. The van der Waals surface area contributed by atoms with Crippen molar-refractivity contribution in [2.45, 2.75) is 0 Å². The monoisotopic (exact) mass is 289 g/mol. The van der Waals surface area contributed by atoms with Gasteiger partial charge >= 0.3 is 0 Å². The second kappa shape index (κ2) is 5.56. The molecule has 3 heterocycles. The fourth-order valence-corrected chi connectivity index (χ4v) is 2.35. The summed E-state index contributed by atoms with van der Waals surface area (Å²) >= 11 is 6.27. The molecule has 0 unspecified atom stereocenters. The number of amides is 1. The molecule has 102 valence electrons. The number of rotatable bonds is 2. The Morgan fingerprint density at radius 3 is 2.95 bits per heavy atom. The highest BCUT2D eigenvalue weighted by molar-refractivity contribution is 6.33. The maximum absolute atomic E-state index is 11.8. The van der Waals surface area contributed by atoms with Crippen molar-refractivity contribution in [2.24, 2.45) is 0 Å². The second-order valence-corrected chi connectivity index (χ2v) is 4.77. The van der Waals surface area contributed by atoms with Gasteiger partial charge in [0.05, 0.1) is 29.2 Å². The van der Waals surface area contributed by atoms with E-state index in [0.29, 0.717) is 29.6 Å². The van der Waals surface area contributed by atoms with Crippen molar-refractivity contribution >= 4 is 23.2 Å². The number of carbonyl (C=O) groups is 1. The summed E-state index contributed by atoms with van der Waals surface area (Å²) < 4.78 is 5.10. The summed E-state index contributed by atoms with van der Waals surface area (Å²) in [4.78, 5) is 21.8. The molecule has 0 spiro atoms. The number of morpholine rings is 1. The van der Waals surface area contributed by atoms with Crippen molar-refractivity contribution < 1.29 is 9.53 Å². The molecule has 1 aliphatic rings. The molecule has 0 N–H and O–H groups in total. The van der Waals surface area contributed by atoms with E-state index in [9.17, 15) is 4.79 Å². The number of aromatic nitrogens is 2. The van der Waals surface area contributed by atoms with E-state index >= 15 is 0 Å². The van der Waals surface area contributed by atoms with Gasteiger partial charge in [0.1, 0.15) is 6.61 Å². The third-order valence-electron chi connectivity index (χ3n) is 3.06. The van der Waals surface area contributed by atoms with E-state index in [4.69, 9.17) is 16.3 Å². The molecule has 0 radical (unpaired) electrons. The van der Waals surface area contributed by atoms with Gasteiger partial charge < -0.3 is 9.64 Å². The normalized spacial score (nSPS) is 15.4. The molecule has 5 nitrogen and oxygen atoms in total. The van der Waals surface area contributed by atoms with Gasteiger partial charge in [0, 0.05) is 24.5 Å². The van der Waals surface area contributed by atoms with Gasteiger partial charge in [0.15, 0.2) is 0 Å². The molecule has 20 heavy (non-hydrogen) atoms. The predicted molar refractivity (Wildman–Crippen MR) is 75.7 cm³/mol. The van der Waals surface area contributed by atoms with E-state index in [1.165, 1.54) is 0 Å². The van der Waals surface area contributed by atoms with Crippen LogP contribution in [0, 0.1) is 0 Å². The minimum atomic E-state index is -0.0803. The Hall–Kier alpha value is -1.98. The SMILES string of the molecule is O=C1COCCN1c1cnc(-c2cccnc2)c(Cl)c1. The van der Waals surface area contributed by atoms with Gasteiger partial charge in [-0.2, -0.15) is 0 Å². The zero-order valence-corrected chi connectivity index (χ0v) is 11.4. The first-order valence-electron chi connectivity index (χ1n) is 6.20. The molecular formula is C14H12ClN3O2. The molecule has 1 aliphatic heterocycles. The highest BCUT2D eigenvalue weighted by Gasteiger charge is 2.21. The van der Waals surface area contributed by atoms with E-state index in [1.54, 1.807) is 29.6 Å². The fraction of sp³-hybridized carbons (Fsp3) is 0.214. The molecule has 1 fully saturated rings. The zero-order valence-electron chi connectivity index (χ0n) is 10.6. The van der Waals surface area contributed by atoms with Crippen LogP contribution in [-0.4, -0.2) is 35.6 Å². The van der Waals surface area contributed by atoms with Crippen LogP contribution >= 0.6 is 11.6 Å². The van der Waals surface area contributed by atoms with Gasteiger partial charge in [-0.3, -0.25) is 14.8 Å². The number of halogens is 1. The quantitative estimate of drug-likeness (QED) is 0.850. The smallest absolute Gasteiger partial charge is 0.253 e. The molecule has 0 bridgehead atoms. The van der Waals surface area contributed by atoms with Gasteiger partial charge in [-0.25, -0.2) is 0 Å². The number of ether oxygens (including phenoxy) is 1. The summed E-state index contributed by atoms with van der Waals surface area (Å²) in [5.74, 6) is -0.0803. The van der Waals surface area contributed by atoms with Gasteiger partial charge in [0.2, 0.25) is 0 Å². The Balaban J connectivity index is 1.93. The molecule has 0 saturated carbocycles. The van der Waals surface area contributed by atoms with Crippen molar-refractivity contribution in [3.05, 3.63) is 41.8 Å². The molecule has 0 aliphatic carbocycles. The van der Waals surface area contributed by atoms with Crippen molar-refractivity contribution in [1.82, 2.24) is 9.97 Å². The van der Waals surface area contributed by atoms with Crippen LogP contribution in [0.3, 0.4) is 0 Å². The van der Waals surface area contributed by atoms with Crippen LogP contribution in [0.25, 0.3) is 11.3 Å². The first-order valence-corrected chi connectivity index (χ1v) is 6.57. The van der Waals surface area contributed by atoms with Gasteiger partial charge in [0.25, 0.3) is 5.91 Å². The number of hydrogen-bond acceptors (Lipinski definition) is 4. The van der Waals surface area contributed by atoms with Crippen molar-refractivity contribution in [3.8, 4) is 11.3 Å². The lowest BCUT2D eigenvalue weighted by atomic mass is 10.2. The number of pyridine rings is 2. The molecule has 0 atom stereocenters. The number of carbonyl (C=O) groups excluding carboxylic acids is 1. The van der Waals surface area contributed by atoms with E-state index in [0.717, 1.165) is 5.56 Å². The lowest BCUT2D eigenvalue weighted by Gasteiger charge is -2.26. The van der Waals surface area contributed by atoms with Crippen molar-refractivity contribution in [1.29, 1.82) is 0 Å². The maximum atomic E-state index is 11.8. The summed E-state index contributed by atoms with van der Waals surface area (Å²) in [6.07, 6.45) is 5.05. The molecule has 2 aromatic heterocycles. The lowest BCUT2D eigenvalue weighted by Crippen LogP contribution is -2.41. The standard InChI is InChI=1S/C14H12ClN3O2/c15-12-6-11(18-4-5-20-9-13(18)19)8-17-14(12)10-2-1-3-16-7-10/h1-3,6-8H,4-5,9H2. The summed E-state index contributed by atoms with van der Waals surface area (Å²) in [5.41, 5.74) is 2.19. The average molecular weight is 290 g/mol. The Kier molecular flexibility index (Phi) is 3.62. The number of nitrogens with zero attached hydrogens (tertiary/aromatic N) is 3. The van der Waals surface area contributed by atoms with E-state index in [2.05, 4.69) is 9.97 Å². The van der Waals surface area contributed by atoms with Crippen LogP contribution in [0.15, 0.2) is 36.8 Å². The summed E-state index contributed by atoms with van der Waals surface area (Å²) in [6.45, 7) is 1.14. The van der Waals surface area contributed by atoms with Crippen LogP contribution in [0.5, 0.6) is 0 Å². The molecule has 3 rings (SSSR count). The van der Waals surface area contributed by atoms with Crippen LogP contribution in [0.4, 0.5) is 5.69 Å². The molecule has 0 aromatic carbocycles. The lowest BCUT2D eigenvalue weighted by molar-refractivity contribution is -0.125. The number of anilines is 1. The van der Waals surface area contributed by atoms with Crippen LogP contribution < -0.4 is 4.90 Å². The zero-order chi connectivity index (χ0) is 13.9. The molecular weight excluding hydrogens is 278 g/mol.